The first-order valence-electron chi connectivity index (χ1n) is 9.87. The largest absolute Gasteiger partial charge is 0.376 e. The van der Waals surface area contributed by atoms with E-state index in [1.807, 2.05) is 12.4 Å². The molecule has 2 saturated heterocycles. The third-order valence-electron chi connectivity index (χ3n) is 5.17. The molecule has 0 aliphatic carbocycles. The molecule has 2 fully saturated rings. The number of rotatable bonds is 8. The topological polar surface area (TPSA) is 53.5 Å². The van der Waals surface area contributed by atoms with E-state index in [2.05, 4.69) is 32.1 Å². The number of nitrogens with zero attached hydrogens (tertiary/aromatic N) is 4. The molecule has 6 heteroatoms. The minimum absolute atomic E-state index is 0.313. The molecule has 3 heterocycles. The van der Waals surface area contributed by atoms with Crippen molar-refractivity contribution in [1.29, 1.82) is 0 Å². The Kier molecular flexibility index (Phi) is 7.45. The van der Waals surface area contributed by atoms with Gasteiger partial charge < -0.3 is 19.9 Å². The lowest BCUT2D eigenvalue weighted by molar-refractivity contribution is 0.120. The summed E-state index contributed by atoms with van der Waals surface area (Å²) in [4.78, 5) is 13.9. The van der Waals surface area contributed by atoms with E-state index >= 15 is 0 Å². The molecule has 1 unspecified atom stereocenters. The van der Waals surface area contributed by atoms with Gasteiger partial charge in [0, 0.05) is 50.7 Å². The van der Waals surface area contributed by atoms with Crippen molar-refractivity contribution in [1.82, 2.24) is 19.8 Å². The third kappa shape index (κ3) is 6.53. The fourth-order valence-electron chi connectivity index (χ4n) is 3.60. The molecule has 2 aliphatic heterocycles. The van der Waals surface area contributed by atoms with Gasteiger partial charge in [-0.1, -0.05) is 12.8 Å². The molecule has 0 spiro atoms. The van der Waals surface area contributed by atoms with Gasteiger partial charge in [0.15, 0.2) is 0 Å². The average Bonchev–Trinajstić information content (AvgIpc) is 3.01. The monoisotopic (exact) mass is 347 g/mol. The van der Waals surface area contributed by atoms with Crippen LogP contribution in [-0.4, -0.2) is 72.3 Å². The summed E-state index contributed by atoms with van der Waals surface area (Å²) in [6.45, 7) is 7.38. The molecule has 0 aromatic carbocycles. The van der Waals surface area contributed by atoms with Crippen LogP contribution in [0, 0.1) is 0 Å². The molecule has 0 amide bonds. The highest BCUT2D eigenvalue weighted by Gasteiger charge is 2.15. The summed E-state index contributed by atoms with van der Waals surface area (Å²) in [5, 5.41) is 3.27. The summed E-state index contributed by atoms with van der Waals surface area (Å²) < 4.78 is 5.61. The van der Waals surface area contributed by atoms with Crippen LogP contribution in [0.2, 0.25) is 0 Å². The van der Waals surface area contributed by atoms with Gasteiger partial charge in [-0.05, 0) is 45.8 Å². The van der Waals surface area contributed by atoms with Crippen molar-refractivity contribution in [3.05, 3.63) is 18.0 Å². The number of anilines is 1. The Labute approximate surface area is 152 Å². The number of likely N-dealkylation sites (N-methyl/N-ethyl adjacent to an activating group) is 1. The normalized spacial score (nSPS) is 22.2. The van der Waals surface area contributed by atoms with Gasteiger partial charge in [-0.2, -0.15) is 0 Å². The van der Waals surface area contributed by atoms with Gasteiger partial charge in [0.05, 0.1) is 6.10 Å². The summed E-state index contributed by atoms with van der Waals surface area (Å²) in [7, 11) is 2.18. The lowest BCUT2D eigenvalue weighted by Gasteiger charge is -2.24. The van der Waals surface area contributed by atoms with Gasteiger partial charge in [-0.15, -0.1) is 0 Å². The molecule has 1 aromatic heterocycles. The number of aromatic nitrogens is 2. The van der Waals surface area contributed by atoms with Crippen molar-refractivity contribution in [3.8, 4) is 0 Å². The fourth-order valence-corrected chi connectivity index (χ4v) is 3.60. The summed E-state index contributed by atoms with van der Waals surface area (Å²) in [6.07, 6.45) is 12.0. The van der Waals surface area contributed by atoms with Crippen molar-refractivity contribution in [2.45, 2.75) is 51.2 Å². The van der Waals surface area contributed by atoms with E-state index in [1.54, 1.807) is 0 Å². The molecule has 1 aromatic rings. The van der Waals surface area contributed by atoms with Crippen LogP contribution in [0.25, 0.3) is 0 Å². The van der Waals surface area contributed by atoms with Crippen molar-refractivity contribution in [2.24, 2.45) is 0 Å². The first kappa shape index (κ1) is 18.5. The van der Waals surface area contributed by atoms with Gasteiger partial charge >= 0.3 is 0 Å². The lowest BCUT2D eigenvalue weighted by Crippen LogP contribution is -2.33. The number of likely N-dealkylation sites (tertiary alicyclic amines) is 1. The standard InChI is InChI=1S/C19H33N5O/c1-23(10-11-24-8-4-2-3-5-9-24)16-17-13-20-19(21-14-17)22-15-18-7-6-12-25-18/h13-14,18H,2-12,15-16H2,1H3,(H,20,21,22). The van der Waals surface area contributed by atoms with Crippen LogP contribution in [0.3, 0.4) is 0 Å². The summed E-state index contributed by atoms with van der Waals surface area (Å²) in [5.74, 6) is 0.700. The van der Waals surface area contributed by atoms with Gasteiger partial charge in [-0.3, -0.25) is 0 Å². The van der Waals surface area contributed by atoms with E-state index < -0.39 is 0 Å². The second-order valence-corrected chi connectivity index (χ2v) is 7.42. The summed E-state index contributed by atoms with van der Waals surface area (Å²) in [5.41, 5.74) is 1.17. The Bertz CT molecular complexity index is 481. The van der Waals surface area contributed by atoms with Gasteiger partial charge in [0.25, 0.3) is 0 Å². The quantitative estimate of drug-likeness (QED) is 0.779. The van der Waals surface area contributed by atoms with E-state index in [1.165, 1.54) is 50.9 Å². The highest BCUT2D eigenvalue weighted by Crippen LogP contribution is 2.13. The third-order valence-corrected chi connectivity index (χ3v) is 5.17. The van der Waals surface area contributed by atoms with Crippen LogP contribution in [0.4, 0.5) is 5.95 Å². The molecule has 3 rings (SSSR count). The molecule has 0 saturated carbocycles. The molecule has 1 atom stereocenters. The van der Waals surface area contributed by atoms with Crippen molar-refractivity contribution < 1.29 is 4.74 Å². The zero-order chi connectivity index (χ0) is 17.3. The van der Waals surface area contributed by atoms with Crippen LogP contribution in [0.5, 0.6) is 0 Å². The van der Waals surface area contributed by atoms with Crippen molar-refractivity contribution in [3.63, 3.8) is 0 Å². The van der Waals surface area contributed by atoms with Gasteiger partial charge in [0.2, 0.25) is 5.95 Å². The molecule has 6 nitrogen and oxygen atoms in total. The van der Waals surface area contributed by atoms with Crippen molar-refractivity contribution in [2.75, 3.05) is 51.7 Å². The van der Waals surface area contributed by atoms with E-state index in [0.717, 1.165) is 39.1 Å². The predicted octanol–water partition coefficient (Wildman–Crippen LogP) is 2.38. The second-order valence-electron chi connectivity index (χ2n) is 7.42. The van der Waals surface area contributed by atoms with E-state index in [9.17, 15) is 0 Å². The summed E-state index contributed by atoms with van der Waals surface area (Å²) >= 11 is 0. The van der Waals surface area contributed by atoms with Crippen LogP contribution >= 0.6 is 0 Å². The van der Waals surface area contributed by atoms with Gasteiger partial charge in [-0.25, -0.2) is 9.97 Å². The molecule has 0 bridgehead atoms. The maximum absolute atomic E-state index is 5.61. The second kappa shape index (κ2) is 10.0. The van der Waals surface area contributed by atoms with Gasteiger partial charge in [0.1, 0.15) is 0 Å². The average molecular weight is 348 g/mol. The minimum atomic E-state index is 0.313. The SMILES string of the molecule is CN(CCN1CCCCCC1)Cc1cnc(NCC2CCCO2)nc1. The maximum atomic E-state index is 5.61. The molecular formula is C19H33N5O. The number of hydrogen-bond acceptors (Lipinski definition) is 6. The van der Waals surface area contributed by atoms with Crippen LogP contribution in [0.1, 0.15) is 44.1 Å². The Hall–Kier alpha value is -1.24. The van der Waals surface area contributed by atoms with Crippen molar-refractivity contribution >= 4 is 5.95 Å². The highest BCUT2D eigenvalue weighted by atomic mass is 16.5. The first-order chi connectivity index (χ1) is 12.3. The zero-order valence-corrected chi connectivity index (χ0v) is 15.6. The summed E-state index contributed by atoms with van der Waals surface area (Å²) in [6, 6.07) is 0. The highest BCUT2D eigenvalue weighted by molar-refractivity contribution is 5.24. The smallest absolute Gasteiger partial charge is 0.222 e. The van der Waals surface area contributed by atoms with E-state index in [-0.39, 0.29) is 0 Å². The molecule has 0 radical (unpaired) electrons. The van der Waals surface area contributed by atoms with E-state index in [0.29, 0.717) is 12.1 Å². The zero-order valence-electron chi connectivity index (χ0n) is 15.6. The molecule has 25 heavy (non-hydrogen) atoms. The molecular weight excluding hydrogens is 314 g/mol. The minimum Gasteiger partial charge on any atom is -0.376 e. The Morgan fingerprint density at radius 3 is 2.60 bits per heavy atom. The predicted molar refractivity (Wildman–Crippen MR) is 101 cm³/mol. The number of hydrogen-bond donors (Lipinski definition) is 1. The molecule has 2 aliphatic rings. The lowest BCUT2D eigenvalue weighted by atomic mass is 10.2. The molecule has 1 N–H and O–H groups in total. The maximum Gasteiger partial charge on any atom is 0.222 e. The fraction of sp³-hybridized carbons (Fsp3) is 0.789. The van der Waals surface area contributed by atoms with Crippen LogP contribution in [-0.2, 0) is 11.3 Å². The van der Waals surface area contributed by atoms with Crippen LogP contribution < -0.4 is 5.32 Å². The van der Waals surface area contributed by atoms with E-state index in [4.69, 9.17) is 4.74 Å². The number of ether oxygens (including phenoxy) is 1. The first-order valence-corrected chi connectivity index (χ1v) is 9.87. The Balaban J connectivity index is 1.36. The Morgan fingerprint density at radius 2 is 1.92 bits per heavy atom. The number of nitrogens with one attached hydrogen (secondary N) is 1. The Morgan fingerprint density at radius 1 is 1.16 bits per heavy atom. The van der Waals surface area contributed by atoms with Crippen LogP contribution in [0.15, 0.2) is 12.4 Å². The molecule has 140 valence electrons.